The Morgan fingerprint density at radius 3 is 2.44 bits per heavy atom. The van der Waals surface area contributed by atoms with Gasteiger partial charge in [-0.1, -0.05) is 12.1 Å². The predicted octanol–water partition coefficient (Wildman–Crippen LogP) is 2.56. The van der Waals surface area contributed by atoms with Gasteiger partial charge in [0.1, 0.15) is 0 Å². The van der Waals surface area contributed by atoms with E-state index in [-0.39, 0.29) is 28.4 Å². The van der Waals surface area contributed by atoms with Gasteiger partial charge in [-0.25, -0.2) is 4.79 Å². The first-order chi connectivity index (χ1) is 12.7. The number of amides is 1. The summed E-state index contributed by atoms with van der Waals surface area (Å²) < 4.78 is 5.05. The molecular formula is C18H17N3O6. The van der Waals surface area contributed by atoms with E-state index in [0.717, 1.165) is 12.1 Å². The Kier molecular flexibility index (Phi) is 5.86. The minimum atomic E-state index is -1.23. The Morgan fingerprint density at radius 2 is 1.81 bits per heavy atom. The Morgan fingerprint density at radius 1 is 1.15 bits per heavy atom. The van der Waals surface area contributed by atoms with E-state index in [4.69, 9.17) is 10.5 Å². The van der Waals surface area contributed by atoms with Crippen LogP contribution in [0.25, 0.3) is 0 Å². The summed E-state index contributed by atoms with van der Waals surface area (Å²) in [5.41, 5.74) is 5.70. The molecule has 0 heterocycles. The van der Waals surface area contributed by atoms with E-state index in [9.17, 15) is 24.5 Å². The van der Waals surface area contributed by atoms with E-state index in [1.165, 1.54) is 19.9 Å². The summed E-state index contributed by atoms with van der Waals surface area (Å²) in [7, 11) is 0. The molecule has 0 spiro atoms. The van der Waals surface area contributed by atoms with Gasteiger partial charge >= 0.3 is 5.97 Å². The molecule has 3 N–H and O–H groups in total. The highest BCUT2D eigenvalue weighted by Gasteiger charge is 2.23. The smallest absolute Gasteiger partial charge is 0.341 e. The number of carbonyl (C=O) groups is 3. The monoisotopic (exact) mass is 371 g/mol. The number of hydrogen-bond donors (Lipinski definition) is 2. The van der Waals surface area contributed by atoms with Crippen molar-refractivity contribution in [1.29, 1.82) is 0 Å². The summed E-state index contributed by atoms with van der Waals surface area (Å²) in [6.07, 6.45) is -1.23. The van der Waals surface area contributed by atoms with Crippen LogP contribution in [0.2, 0.25) is 0 Å². The van der Waals surface area contributed by atoms with Gasteiger partial charge in [0.25, 0.3) is 11.6 Å². The molecule has 0 saturated carbocycles. The Labute approximate surface area is 154 Å². The molecule has 9 heteroatoms. The molecule has 0 fully saturated rings. The number of hydrogen-bond acceptors (Lipinski definition) is 7. The first-order valence-corrected chi connectivity index (χ1v) is 7.86. The lowest BCUT2D eigenvalue weighted by molar-refractivity contribution is -0.384. The molecule has 0 radical (unpaired) electrons. The highest BCUT2D eigenvalue weighted by Crippen LogP contribution is 2.21. The topological polar surface area (TPSA) is 142 Å². The lowest BCUT2D eigenvalue weighted by Crippen LogP contribution is -2.30. The molecule has 2 aromatic carbocycles. The van der Waals surface area contributed by atoms with Crippen LogP contribution in [0, 0.1) is 10.1 Å². The van der Waals surface area contributed by atoms with Gasteiger partial charge in [-0.15, -0.1) is 0 Å². The summed E-state index contributed by atoms with van der Waals surface area (Å²) >= 11 is 0. The van der Waals surface area contributed by atoms with Gasteiger partial charge in [0.2, 0.25) is 0 Å². The molecule has 0 unspecified atom stereocenters. The molecule has 9 nitrogen and oxygen atoms in total. The number of ketones is 1. The zero-order valence-electron chi connectivity index (χ0n) is 14.6. The van der Waals surface area contributed by atoms with E-state index in [1.54, 1.807) is 24.3 Å². The normalized spacial score (nSPS) is 11.3. The number of anilines is 2. The van der Waals surface area contributed by atoms with Crippen molar-refractivity contribution in [1.82, 2.24) is 0 Å². The minimum absolute atomic E-state index is 0.0138. The third kappa shape index (κ3) is 4.66. The zero-order chi connectivity index (χ0) is 20.1. The van der Waals surface area contributed by atoms with E-state index in [0.29, 0.717) is 5.56 Å². The van der Waals surface area contributed by atoms with Crippen molar-refractivity contribution >= 4 is 34.7 Å². The second-order valence-corrected chi connectivity index (χ2v) is 5.67. The molecule has 2 rings (SSSR count). The van der Waals surface area contributed by atoms with E-state index < -0.39 is 22.9 Å². The summed E-state index contributed by atoms with van der Waals surface area (Å²) in [6.45, 7) is 2.69. The van der Waals surface area contributed by atoms with Crippen LogP contribution in [0.1, 0.15) is 34.6 Å². The number of para-hydroxylation sites is 1. The van der Waals surface area contributed by atoms with Crippen molar-refractivity contribution in [3.05, 3.63) is 63.7 Å². The third-order valence-electron chi connectivity index (χ3n) is 3.68. The lowest BCUT2D eigenvalue weighted by atomic mass is 10.1. The fourth-order valence-corrected chi connectivity index (χ4v) is 2.25. The molecule has 0 bridgehead atoms. The second kappa shape index (κ2) is 8.09. The fourth-order valence-electron chi connectivity index (χ4n) is 2.25. The number of nitrogen functional groups attached to an aromatic ring is 1. The number of Topliss-reactive ketones (excluding diaryl/α,β-unsaturated/α-hetero) is 1. The minimum Gasteiger partial charge on any atom is -0.449 e. The molecule has 0 saturated heterocycles. The molecule has 1 amide bonds. The first-order valence-electron chi connectivity index (χ1n) is 7.86. The molecule has 140 valence electrons. The highest BCUT2D eigenvalue weighted by atomic mass is 16.6. The number of nitrogens with one attached hydrogen (secondary N) is 1. The Hall–Kier alpha value is -3.75. The van der Waals surface area contributed by atoms with Crippen molar-refractivity contribution in [2.24, 2.45) is 0 Å². The largest absolute Gasteiger partial charge is 0.449 e. The number of non-ortho nitro benzene ring substituents is 1. The second-order valence-electron chi connectivity index (χ2n) is 5.67. The number of nitro benzene ring substituents is 1. The van der Waals surface area contributed by atoms with Gasteiger partial charge in [0, 0.05) is 23.4 Å². The number of nitrogens with two attached hydrogens (primary N) is 1. The van der Waals surface area contributed by atoms with Gasteiger partial charge in [0.05, 0.1) is 16.2 Å². The van der Waals surface area contributed by atoms with Crippen LogP contribution in [-0.2, 0) is 9.53 Å². The van der Waals surface area contributed by atoms with Crippen LogP contribution in [0.15, 0.2) is 42.5 Å². The molecule has 1 atom stereocenters. The van der Waals surface area contributed by atoms with Crippen LogP contribution in [0.5, 0.6) is 0 Å². The number of carbonyl (C=O) groups excluding carboxylic acids is 3. The maximum Gasteiger partial charge on any atom is 0.341 e. The third-order valence-corrected chi connectivity index (χ3v) is 3.68. The van der Waals surface area contributed by atoms with Crippen molar-refractivity contribution in [2.75, 3.05) is 11.1 Å². The summed E-state index contributed by atoms with van der Waals surface area (Å²) in [5.74, 6) is -1.88. The van der Waals surface area contributed by atoms with Gasteiger partial charge in [0.15, 0.2) is 11.9 Å². The van der Waals surface area contributed by atoms with Crippen molar-refractivity contribution in [3.8, 4) is 0 Å². The molecule has 2 aromatic rings. The van der Waals surface area contributed by atoms with Crippen LogP contribution in [0.4, 0.5) is 17.1 Å². The number of nitro groups is 1. The first kappa shape index (κ1) is 19.6. The lowest BCUT2D eigenvalue weighted by Gasteiger charge is -2.15. The average molecular weight is 371 g/mol. The van der Waals surface area contributed by atoms with Crippen LogP contribution >= 0.6 is 0 Å². The Bertz CT molecular complexity index is 925. The van der Waals surface area contributed by atoms with Gasteiger partial charge in [-0.3, -0.25) is 19.7 Å². The van der Waals surface area contributed by atoms with Crippen LogP contribution < -0.4 is 11.1 Å². The molecule has 0 aliphatic heterocycles. The van der Waals surface area contributed by atoms with Gasteiger partial charge in [-0.2, -0.15) is 0 Å². The van der Waals surface area contributed by atoms with Crippen molar-refractivity contribution in [2.45, 2.75) is 20.0 Å². The summed E-state index contributed by atoms with van der Waals surface area (Å²) in [5, 5.41) is 13.3. The number of esters is 1. The number of ether oxygens (including phenoxy) is 1. The number of nitrogens with zero attached hydrogens (tertiary/aromatic N) is 1. The maximum absolute atomic E-state index is 12.3. The summed E-state index contributed by atoms with van der Waals surface area (Å²) in [6, 6.07) is 9.74. The Balaban J connectivity index is 2.13. The molecule has 0 aromatic heterocycles. The molecule has 0 aliphatic rings. The number of rotatable bonds is 6. The van der Waals surface area contributed by atoms with Gasteiger partial charge < -0.3 is 15.8 Å². The quantitative estimate of drug-likeness (QED) is 0.261. The standard InChI is InChI=1S/C18H17N3O6/c1-10(22)13-5-3-4-6-16(13)20-17(23)11(2)27-18(24)14-9-12(21(25)26)7-8-15(14)19/h3-9,11H,19H2,1-2H3,(H,20,23)/t11-/m1/s1. The van der Waals surface area contributed by atoms with Gasteiger partial charge in [-0.05, 0) is 32.0 Å². The van der Waals surface area contributed by atoms with Crippen LogP contribution in [0.3, 0.4) is 0 Å². The van der Waals surface area contributed by atoms with E-state index >= 15 is 0 Å². The van der Waals surface area contributed by atoms with Crippen molar-refractivity contribution < 1.29 is 24.0 Å². The number of benzene rings is 2. The molecule has 0 aliphatic carbocycles. The predicted molar refractivity (Wildman–Crippen MR) is 97.5 cm³/mol. The summed E-state index contributed by atoms with van der Waals surface area (Å²) in [4.78, 5) is 46.3. The zero-order valence-corrected chi connectivity index (χ0v) is 14.6. The molecular weight excluding hydrogens is 354 g/mol. The van der Waals surface area contributed by atoms with E-state index in [1.807, 2.05) is 0 Å². The average Bonchev–Trinajstić information content (AvgIpc) is 2.61. The van der Waals surface area contributed by atoms with E-state index in [2.05, 4.69) is 5.32 Å². The molecule has 27 heavy (non-hydrogen) atoms. The fraction of sp³-hybridized carbons (Fsp3) is 0.167. The van der Waals surface area contributed by atoms with Crippen molar-refractivity contribution in [3.63, 3.8) is 0 Å². The SMILES string of the molecule is CC(=O)c1ccccc1NC(=O)[C@@H](C)OC(=O)c1cc([N+](=O)[O-])ccc1N. The maximum atomic E-state index is 12.3. The highest BCUT2D eigenvalue weighted by molar-refractivity contribution is 6.05. The van der Waals surface area contributed by atoms with Crippen LogP contribution in [-0.4, -0.2) is 28.7 Å².